The molecule has 0 radical (unpaired) electrons. The van der Waals surface area contributed by atoms with Gasteiger partial charge in [-0.25, -0.2) is 0 Å². The fourth-order valence-corrected chi connectivity index (χ4v) is 3.23. The Balaban J connectivity index is 2.20. The van der Waals surface area contributed by atoms with Crippen LogP contribution in [0.4, 0.5) is 0 Å². The second-order valence-electron chi connectivity index (χ2n) is 4.57. The molecule has 1 aromatic carbocycles. The normalized spacial score (nSPS) is 24.4. The third-order valence-electron chi connectivity index (χ3n) is 2.93. The molecule has 0 aliphatic heterocycles. The van der Waals surface area contributed by atoms with Crippen LogP contribution in [0.25, 0.3) is 0 Å². The lowest BCUT2D eigenvalue weighted by atomic mass is 9.93. The van der Waals surface area contributed by atoms with Gasteiger partial charge in [0.05, 0.1) is 17.1 Å². The van der Waals surface area contributed by atoms with Gasteiger partial charge in [0.25, 0.3) is 10.1 Å². The molecular formula is C12H16O4S. The molecule has 0 unspecified atom stereocenters. The number of rotatable bonds is 3. The largest absolute Gasteiger partial charge is 0.393 e. The molecule has 2 rings (SSSR count). The molecule has 0 aromatic heterocycles. The van der Waals surface area contributed by atoms with Crippen molar-refractivity contribution in [2.75, 3.05) is 0 Å². The van der Waals surface area contributed by atoms with Gasteiger partial charge in [0.2, 0.25) is 0 Å². The third-order valence-corrected chi connectivity index (χ3v) is 4.45. The summed E-state index contributed by atoms with van der Waals surface area (Å²) in [5.74, 6) is 0. The Kier molecular flexibility index (Phi) is 3.25. The van der Waals surface area contributed by atoms with Crippen molar-refractivity contribution in [3.63, 3.8) is 0 Å². The topological polar surface area (TPSA) is 63.6 Å². The van der Waals surface area contributed by atoms with Gasteiger partial charge in [-0.3, -0.25) is 4.18 Å². The second-order valence-corrected chi connectivity index (χ2v) is 6.11. The molecule has 0 amide bonds. The number of hydrogen-bond acceptors (Lipinski definition) is 4. The van der Waals surface area contributed by atoms with Gasteiger partial charge in [0.1, 0.15) is 0 Å². The molecule has 1 aliphatic carbocycles. The van der Waals surface area contributed by atoms with E-state index in [2.05, 4.69) is 0 Å². The molecule has 0 heterocycles. The Labute approximate surface area is 101 Å². The zero-order valence-corrected chi connectivity index (χ0v) is 10.7. The van der Waals surface area contributed by atoms with Crippen molar-refractivity contribution in [3.8, 4) is 0 Å². The smallest absolute Gasteiger partial charge is 0.297 e. The highest BCUT2D eigenvalue weighted by atomic mass is 32.2. The van der Waals surface area contributed by atoms with Crippen LogP contribution in [0.3, 0.4) is 0 Å². The van der Waals surface area contributed by atoms with Crippen LogP contribution in [0.1, 0.15) is 24.0 Å². The summed E-state index contributed by atoms with van der Waals surface area (Å²) in [6, 6.07) is 5.12. The summed E-state index contributed by atoms with van der Waals surface area (Å²) in [5.41, 5.74) is 1.70. The Bertz CT molecular complexity index is 515. The van der Waals surface area contributed by atoms with E-state index in [4.69, 9.17) is 9.29 Å². The Morgan fingerprint density at radius 3 is 2.47 bits per heavy atom. The van der Waals surface area contributed by atoms with Gasteiger partial charge >= 0.3 is 0 Å². The van der Waals surface area contributed by atoms with Crippen molar-refractivity contribution >= 4 is 10.1 Å². The molecule has 1 aromatic rings. The fraction of sp³-hybridized carbons (Fsp3) is 0.500. The number of aryl methyl sites for hydroxylation is 2. The zero-order valence-electron chi connectivity index (χ0n) is 9.88. The van der Waals surface area contributed by atoms with Crippen LogP contribution >= 0.6 is 0 Å². The van der Waals surface area contributed by atoms with Gasteiger partial charge in [0, 0.05) is 12.8 Å². The summed E-state index contributed by atoms with van der Waals surface area (Å²) < 4.78 is 29.0. The first kappa shape index (κ1) is 12.5. The highest BCUT2D eigenvalue weighted by molar-refractivity contribution is 7.86. The van der Waals surface area contributed by atoms with Gasteiger partial charge in [-0.15, -0.1) is 0 Å². The standard InChI is InChI=1S/C12H16O4S/c1-8-3-4-12(9(2)5-8)17(14,15)16-11-6-10(13)7-11/h3-5,10-11,13H,6-7H2,1-2H3. The predicted octanol–water partition coefficient (Wildman–Crippen LogP) is 1.53. The molecular weight excluding hydrogens is 240 g/mol. The quantitative estimate of drug-likeness (QED) is 0.833. The highest BCUT2D eigenvalue weighted by Crippen LogP contribution is 2.28. The Morgan fingerprint density at radius 1 is 1.29 bits per heavy atom. The van der Waals surface area contributed by atoms with Crippen LogP contribution in [-0.4, -0.2) is 25.7 Å². The van der Waals surface area contributed by atoms with Crippen LogP contribution in [0.15, 0.2) is 23.1 Å². The SMILES string of the molecule is Cc1ccc(S(=O)(=O)OC2CC(O)C2)c(C)c1. The molecule has 17 heavy (non-hydrogen) atoms. The van der Waals surface area contributed by atoms with Crippen LogP contribution in [0.2, 0.25) is 0 Å². The predicted molar refractivity (Wildman–Crippen MR) is 63.2 cm³/mol. The lowest BCUT2D eigenvalue weighted by Gasteiger charge is -2.30. The number of aliphatic hydroxyl groups excluding tert-OH is 1. The van der Waals surface area contributed by atoms with E-state index in [1.165, 1.54) is 0 Å². The van der Waals surface area contributed by atoms with Crippen molar-refractivity contribution in [1.29, 1.82) is 0 Å². The van der Waals surface area contributed by atoms with Gasteiger partial charge in [-0.1, -0.05) is 17.7 Å². The molecule has 1 aliphatic rings. The van der Waals surface area contributed by atoms with Gasteiger partial charge < -0.3 is 5.11 Å². The molecule has 1 N–H and O–H groups in total. The Morgan fingerprint density at radius 2 is 1.94 bits per heavy atom. The minimum absolute atomic E-state index is 0.212. The average Bonchev–Trinajstić information content (AvgIpc) is 2.14. The molecule has 94 valence electrons. The summed E-state index contributed by atoms with van der Waals surface area (Å²) >= 11 is 0. The van der Waals surface area contributed by atoms with Crippen molar-refractivity contribution in [2.24, 2.45) is 0 Å². The number of benzene rings is 1. The van der Waals surface area contributed by atoms with Crippen LogP contribution in [0.5, 0.6) is 0 Å². The van der Waals surface area contributed by atoms with E-state index in [0.717, 1.165) is 5.56 Å². The van der Waals surface area contributed by atoms with E-state index in [1.54, 1.807) is 19.1 Å². The maximum absolute atomic E-state index is 12.0. The van der Waals surface area contributed by atoms with E-state index in [1.807, 2.05) is 13.0 Å². The van der Waals surface area contributed by atoms with Crippen LogP contribution in [-0.2, 0) is 14.3 Å². The van der Waals surface area contributed by atoms with E-state index in [0.29, 0.717) is 18.4 Å². The van der Waals surface area contributed by atoms with E-state index in [-0.39, 0.29) is 11.0 Å². The maximum Gasteiger partial charge on any atom is 0.297 e. The van der Waals surface area contributed by atoms with E-state index >= 15 is 0 Å². The van der Waals surface area contributed by atoms with E-state index < -0.39 is 16.2 Å². The van der Waals surface area contributed by atoms with Crippen LogP contribution in [0, 0.1) is 13.8 Å². The molecule has 0 saturated heterocycles. The third kappa shape index (κ3) is 2.68. The lowest BCUT2D eigenvalue weighted by molar-refractivity contribution is -0.00729. The molecule has 1 saturated carbocycles. The van der Waals surface area contributed by atoms with Crippen LogP contribution < -0.4 is 0 Å². The van der Waals surface area contributed by atoms with Gasteiger partial charge in [0.15, 0.2) is 0 Å². The lowest BCUT2D eigenvalue weighted by Crippen LogP contribution is -2.36. The average molecular weight is 256 g/mol. The van der Waals surface area contributed by atoms with Gasteiger partial charge in [-0.2, -0.15) is 8.42 Å². The highest BCUT2D eigenvalue weighted by Gasteiger charge is 2.33. The number of aliphatic hydroxyl groups is 1. The van der Waals surface area contributed by atoms with Crippen molar-refractivity contribution in [3.05, 3.63) is 29.3 Å². The summed E-state index contributed by atoms with van der Waals surface area (Å²) in [6.45, 7) is 3.66. The molecule has 0 bridgehead atoms. The summed E-state index contributed by atoms with van der Waals surface area (Å²) in [5, 5.41) is 9.10. The van der Waals surface area contributed by atoms with E-state index in [9.17, 15) is 8.42 Å². The Hall–Kier alpha value is -0.910. The summed E-state index contributed by atoms with van der Waals surface area (Å²) in [6.07, 6.45) is -0.0149. The van der Waals surface area contributed by atoms with Crippen molar-refractivity contribution in [2.45, 2.75) is 43.8 Å². The monoisotopic (exact) mass is 256 g/mol. The molecule has 1 fully saturated rings. The first-order valence-corrected chi connectivity index (χ1v) is 6.98. The molecule has 0 spiro atoms. The van der Waals surface area contributed by atoms with Crippen molar-refractivity contribution in [1.82, 2.24) is 0 Å². The molecule has 4 nitrogen and oxygen atoms in total. The first-order chi connectivity index (χ1) is 7.88. The van der Waals surface area contributed by atoms with Gasteiger partial charge in [-0.05, 0) is 25.5 Å². The first-order valence-electron chi connectivity index (χ1n) is 5.57. The number of hydrogen-bond donors (Lipinski definition) is 1. The minimum atomic E-state index is -3.70. The summed E-state index contributed by atoms with van der Waals surface area (Å²) in [4.78, 5) is 0.212. The fourth-order valence-electron chi connectivity index (χ4n) is 1.93. The molecule has 5 heteroatoms. The van der Waals surface area contributed by atoms with Crippen molar-refractivity contribution < 1.29 is 17.7 Å². The second kappa shape index (κ2) is 4.40. The summed E-state index contributed by atoms with van der Waals surface area (Å²) in [7, 11) is -3.70. The molecule has 0 atom stereocenters. The zero-order chi connectivity index (χ0) is 12.6. The minimum Gasteiger partial charge on any atom is -0.393 e. The maximum atomic E-state index is 12.0.